The van der Waals surface area contributed by atoms with Crippen LogP contribution in [-0.2, 0) is 14.8 Å². The summed E-state index contributed by atoms with van der Waals surface area (Å²) in [5.41, 5.74) is 1.39. The molecule has 4 nitrogen and oxygen atoms in total. The number of hydrogen-bond acceptors (Lipinski definition) is 3. The van der Waals surface area contributed by atoms with E-state index in [-0.39, 0.29) is 11.0 Å². The Morgan fingerprint density at radius 2 is 1.68 bits per heavy atom. The highest BCUT2D eigenvalue weighted by atomic mass is 32.2. The third-order valence-corrected chi connectivity index (χ3v) is 9.68. The fraction of sp³-hybridized carbons (Fsp3) is 0.739. The molecule has 2 saturated carbocycles. The van der Waals surface area contributed by atoms with Crippen LogP contribution >= 0.6 is 0 Å². The van der Waals surface area contributed by atoms with E-state index in [9.17, 15) is 8.42 Å². The minimum absolute atomic E-state index is 0.221. The van der Waals surface area contributed by atoms with Gasteiger partial charge >= 0.3 is 0 Å². The van der Waals surface area contributed by atoms with Crippen molar-refractivity contribution in [1.82, 2.24) is 4.72 Å². The largest absolute Gasteiger partial charge is 0.356 e. The molecular weight excluding hydrogens is 370 g/mol. The molecule has 2 aliphatic carbocycles. The Morgan fingerprint density at radius 3 is 2.36 bits per heavy atom. The van der Waals surface area contributed by atoms with E-state index in [1.807, 2.05) is 19.1 Å². The number of fused-ring (bicyclic) bond motifs is 3. The molecule has 0 aromatic heterocycles. The Hall–Kier alpha value is -0.910. The van der Waals surface area contributed by atoms with Gasteiger partial charge in [0.05, 0.1) is 10.5 Å². The highest BCUT2D eigenvalue weighted by molar-refractivity contribution is 7.89. The van der Waals surface area contributed by atoms with Crippen LogP contribution in [-0.4, -0.2) is 20.2 Å². The average Bonchev–Trinajstić information content (AvgIpc) is 2.91. The first-order valence-corrected chi connectivity index (χ1v) is 12.2. The summed E-state index contributed by atoms with van der Waals surface area (Å²) in [6.45, 7) is 11.5. The predicted molar refractivity (Wildman–Crippen MR) is 111 cm³/mol. The van der Waals surface area contributed by atoms with E-state index >= 15 is 0 Å². The zero-order valence-electron chi connectivity index (χ0n) is 17.9. The summed E-state index contributed by atoms with van der Waals surface area (Å²) < 4.78 is 35.0. The molecule has 4 rings (SSSR count). The first kappa shape index (κ1) is 20.4. The molecule has 1 heterocycles. The summed E-state index contributed by atoms with van der Waals surface area (Å²) in [7, 11) is -3.58. The maximum atomic E-state index is 12.9. The van der Waals surface area contributed by atoms with Gasteiger partial charge in [0, 0.05) is 0 Å². The van der Waals surface area contributed by atoms with Crippen molar-refractivity contribution in [2.45, 2.75) is 89.9 Å². The molecule has 1 aromatic rings. The second-order valence-electron chi connectivity index (χ2n) is 10.6. The van der Waals surface area contributed by atoms with Crippen molar-refractivity contribution in [1.29, 1.82) is 0 Å². The van der Waals surface area contributed by atoms with Crippen molar-refractivity contribution in [3.05, 3.63) is 29.8 Å². The normalized spacial score (nSPS) is 40.0. The zero-order chi connectivity index (χ0) is 20.4. The molecule has 0 radical (unpaired) electrons. The van der Waals surface area contributed by atoms with Crippen LogP contribution in [0.3, 0.4) is 0 Å². The van der Waals surface area contributed by atoms with E-state index in [4.69, 9.17) is 4.74 Å². The topological polar surface area (TPSA) is 55.4 Å². The molecule has 0 amide bonds. The van der Waals surface area contributed by atoms with Crippen molar-refractivity contribution >= 4 is 10.0 Å². The summed E-state index contributed by atoms with van der Waals surface area (Å²) in [5, 5.41) is 0. The van der Waals surface area contributed by atoms with Crippen LogP contribution < -0.4 is 4.72 Å². The van der Waals surface area contributed by atoms with Crippen molar-refractivity contribution in [3.63, 3.8) is 0 Å². The minimum Gasteiger partial charge on any atom is -0.356 e. The van der Waals surface area contributed by atoms with Gasteiger partial charge in [0.15, 0.2) is 0 Å². The average molecular weight is 406 g/mol. The van der Waals surface area contributed by atoms with E-state index in [2.05, 4.69) is 32.4 Å². The molecule has 1 unspecified atom stereocenters. The van der Waals surface area contributed by atoms with Crippen LogP contribution in [0.15, 0.2) is 29.2 Å². The number of ether oxygens (including phenoxy) is 1. The van der Waals surface area contributed by atoms with Gasteiger partial charge in [0.2, 0.25) is 10.0 Å². The summed E-state index contributed by atoms with van der Waals surface area (Å²) in [6, 6.07) is 7.01. The molecule has 1 N–H and O–H groups in total. The molecule has 28 heavy (non-hydrogen) atoms. The number of nitrogens with one attached hydrogen (secondary N) is 1. The van der Waals surface area contributed by atoms with Crippen molar-refractivity contribution < 1.29 is 13.2 Å². The maximum absolute atomic E-state index is 12.9. The molecule has 1 aliphatic heterocycles. The standard InChI is InChI=1S/C23H35NO3S/c1-16-7-9-17(10-8-16)28(25,26)24-20-15-19-22(4)13-6-12-21(2,3)18(22)11-14-23(19,5)27-20/h7-10,18-20,24H,6,11-15H2,1-5H3/t18-,19+,20?,22-,23+/m0/s1. The molecule has 1 saturated heterocycles. The lowest BCUT2D eigenvalue weighted by atomic mass is 9.45. The second-order valence-corrected chi connectivity index (χ2v) is 12.3. The van der Waals surface area contributed by atoms with Gasteiger partial charge in [-0.05, 0) is 80.8 Å². The fourth-order valence-corrected chi connectivity index (χ4v) is 8.00. The number of benzene rings is 1. The maximum Gasteiger partial charge on any atom is 0.242 e. The fourth-order valence-electron chi connectivity index (χ4n) is 6.88. The SMILES string of the molecule is Cc1ccc(S(=O)(=O)NC2C[C@@H]3[C@@]4(C)CCCC(C)(C)[C@@H]4CC[C@@]3(C)O2)cc1. The van der Waals surface area contributed by atoms with Gasteiger partial charge in [-0.3, -0.25) is 0 Å². The van der Waals surface area contributed by atoms with Gasteiger partial charge in [-0.25, -0.2) is 8.42 Å². The number of hydrogen-bond donors (Lipinski definition) is 1. The molecule has 0 spiro atoms. The van der Waals surface area contributed by atoms with Gasteiger partial charge < -0.3 is 4.74 Å². The van der Waals surface area contributed by atoms with Gasteiger partial charge in [-0.1, -0.05) is 44.9 Å². The predicted octanol–water partition coefficient (Wildman–Crippen LogP) is 5.02. The molecule has 1 aromatic carbocycles. The first-order valence-electron chi connectivity index (χ1n) is 10.7. The number of rotatable bonds is 3. The Labute approximate surface area is 170 Å². The summed E-state index contributed by atoms with van der Waals surface area (Å²) in [5.74, 6) is 1.08. The highest BCUT2D eigenvalue weighted by Gasteiger charge is 2.62. The third-order valence-electron chi connectivity index (χ3n) is 8.22. The summed E-state index contributed by atoms with van der Waals surface area (Å²) in [4.78, 5) is 0.310. The van der Waals surface area contributed by atoms with Crippen LogP contribution in [0.5, 0.6) is 0 Å². The smallest absolute Gasteiger partial charge is 0.242 e. The van der Waals surface area contributed by atoms with E-state index in [1.54, 1.807) is 12.1 Å². The lowest BCUT2D eigenvalue weighted by molar-refractivity contribution is -0.155. The Bertz CT molecular complexity index is 847. The van der Waals surface area contributed by atoms with Crippen LogP contribution in [0.4, 0.5) is 0 Å². The first-order chi connectivity index (χ1) is 13.0. The van der Waals surface area contributed by atoms with Crippen LogP contribution in [0.25, 0.3) is 0 Å². The Balaban J connectivity index is 1.57. The number of aryl methyl sites for hydroxylation is 1. The third kappa shape index (κ3) is 3.23. The highest BCUT2D eigenvalue weighted by Crippen LogP contribution is 2.65. The monoisotopic (exact) mass is 405 g/mol. The van der Waals surface area contributed by atoms with E-state index in [0.717, 1.165) is 18.4 Å². The Morgan fingerprint density at radius 1 is 1.00 bits per heavy atom. The minimum atomic E-state index is -3.58. The Kier molecular flexibility index (Phi) is 4.76. The lowest BCUT2D eigenvalue weighted by Crippen LogP contribution is -2.55. The van der Waals surface area contributed by atoms with Crippen molar-refractivity contribution in [3.8, 4) is 0 Å². The van der Waals surface area contributed by atoms with E-state index < -0.39 is 16.3 Å². The van der Waals surface area contributed by atoms with E-state index in [0.29, 0.717) is 22.1 Å². The van der Waals surface area contributed by atoms with Gasteiger partial charge in [-0.2, -0.15) is 4.72 Å². The van der Waals surface area contributed by atoms with Crippen LogP contribution in [0, 0.1) is 29.6 Å². The summed E-state index contributed by atoms with van der Waals surface area (Å²) in [6.07, 6.45) is 6.29. The van der Waals surface area contributed by atoms with E-state index in [1.165, 1.54) is 25.7 Å². The van der Waals surface area contributed by atoms with Crippen LogP contribution in [0.2, 0.25) is 0 Å². The second kappa shape index (κ2) is 6.55. The molecule has 0 bridgehead atoms. The molecule has 156 valence electrons. The van der Waals surface area contributed by atoms with Gasteiger partial charge in [-0.15, -0.1) is 0 Å². The molecular formula is C23H35NO3S. The van der Waals surface area contributed by atoms with Crippen molar-refractivity contribution in [2.24, 2.45) is 22.7 Å². The molecule has 3 aliphatic rings. The van der Waals surface area contributed by atoms with Crippen LogP contribution in [0.1, 0.15) is 71.8 Å². The van der Waals surface area contributed by atoms with Gasteiger partial charge in [0.1, 0.15) is 6.23 Å². The molecule has 5 atom stereocenters. The molecule has 5 heteroatoms. The molecule has 3 fully saturated rings. The van der Waals surface area contributed by atoms with Crippen molar-refractivity contribution in [2.75, 3.05) is 0 Å². The lowest BCUT2D eigenvalue weighted by Gasteiger charge is -2.60. The number of sulfonamides is 1. The van der Waals surface area contributed by atoms with Gasteiger partial charge in [0.25, 0.3) is 0 Å². The zero-order valence-corrected chi connectivity index (χ0v) is 18.7. The quantitative estimate of drug-likeness (QED) is 0.768. The summed E-state index contributed by atoms with van der Waals surface area (Å²) >= 11 is 0.